The van der Waals surface area contributed by atoms with Crippen LogP contribution in [0.15, 0.2) is 127 Å². The van der Waals surface area contributed by atoms with E-state index in [9.17, 15) is 73.3 Å². The van der Waals surface area contributed by atoms with Crippen LogP contribution in [0.2, 0.25) is 0 Å². The van der Waals surface area contributed by atoms with Crippen LogP contribution in [0.4, 0.5) is 55.3 Å². The standard InChI is InChI=1S/C51H44F10N2O10/c52-48(53,50(56,57)58)25-1-27-70-35-14-18-37(19-15-35)72-46(68)32-9-3-30(4-10-32)7-23-41(64)44(66)43(39-22-13-34(62)29-40(39)63)45(67)42(65)24-8-31-5-11-33(12-6-31)47(69)73-38-20-16-36(17-21-38)71-28-2-26-49(54,55)51(59,60)61/h3-24,29,43-45,66-67H,1-2,25-28,62-63H2/b23-7+,24-8+. The molecule has 0 saturated carbocycles. The number of anilines is 2. The summed E-state index contributed by atoms with van der Waals surface area (Å²) in [5.74, 6) is -14.5. The zero-order valence-corrected chi connectivity index (χ0v) is 37.8. The second-order valence-electron chi connectivity index (χ2n) is 16.0. The number of aliphatic hydroxyl groups excluding tert-OH is 2. The maximum absolute atomic E-state index is 13.4. The minimum atomic E-state index is -5.67. The van der Waals surface area contributed by atoms with Crippen LogP contribution in [0, 0.1) is 0 Å². The molecule has 2 unspecified atom stereocenters. The molecule has 0 fully saturated rings. The predicted octanol–water partition coefficient (Wildman–Crippen LogP) is 10.4. The van der Waals surface area contributed by atoms with E-state index in [1.54, 1.807) is 0 Å². The topological polar surface area (TPSA) is 198 Å². The first-order valence-corrected chi connectivity index (χ1v) is 21.7. The Morgan fingerprint density at radius 3 is 1.21 bits per heavy atom. The van der Waals surface area contributed by atoms with Gasteiger partial charge in [-0.2, -0.15) is 43.9 Å². The Hall–Kier alpha value is -7.72. The molecule has 388 valence electrons. The first kappa shape index (κ1) is 56.2. The number of ether oxygens (including phenoxy) is 4. The molecule has 0 bridgehead atoms. The minimum Gasteiger partial charge on any atom is -0.494 e. The number of hydrogen-bond donors (Lipinski definition) is 4. The molecule has 22 heteroatoms. The molecule has 0 amide bonds. The predicted molar refractivity (Wildman–Crippen MR) is 245 cm³/mol. The van der Waals surface area contributed by atoms with Crippen molar-refractivity contribution in [3.63, 3.8) is 0 Å². The van der Waals surface area contributed by atoms with Crippen LogP contribution in [0.5, 0.6) is 23.0 Å². The molecule has 5 rings (SSSR count). The summed E-state index contributed by atoms with van der Waals surface area (Å²) in [5.41, 5.74) is 13.1. The van der Waals surface area contributed by atoms with E-state index < -0.39 is 105 Å². The van der Waals surface area contributed by atoms with Gasteiger partial charge in [-0.25, -0.2) is 9.59 Å². The van der Waals surface area contributed by atoms with Crippen molar-refractivity contribution in [1.29, 1.82) is 0 Å². The number of carbonyl (C=O) groups excluding carboxylic acids is 4. The van der Waals surface area contributed by atoms with Gasteiger partial charge in [0, 0.05) is 24.2 Å². The number of hydrogen-bond acceptors (Lipinski definition) is 12. The smallest absolute Gasteiger partial charge is 0.453 e. The first-order chi connectivity index (χ1) is 34.2. The highest BCUT2D eigenvalue weighted by Crippen LogP contribution is 2.40. The number of nitrogen functional groups attached to an aromatic ring is 2. The lowest BCUT2D eigenvalue weighted by Gasteiger charge is -2.26. The molecule has 5 aromatic rings. The van der Waals surface area contributed by atoms with Gasteiger partial charge < -0.3 is 40.6 Å². The van der Waals surface area contributed by atoms with Gasteiger partial charge in [0.15, 0.2) is 11.6 Å². The first-order valence-electron chi connectivity index (χ1n) is 21.7. The van der Waals surface area contributed by atoms with Gasteiger partial charge >= 0.3 is 36.1 Å². The van der Waals surface area contributed by atoms with Crippen LogP contribution in [0.3, 0.4) is 0 Å². The molecule has 0 aliphatic rings. The number of benzene rings is 5. The van der Waals surface area contributed by atoms with E-state index in [-0.39, 0.29) is 51.1 Å². The number of halogens is 10. The molecule has 5 aromatic carbocycles. The van der Waals surface area contributed by atoms with Gasteiger partial charge in [0.05, 0.1) is 30.3 Å². The summed E-state index contributed by atoms with van der Waals surface area (Å²) in [5, 5.41) is 22.6. The van der Waals surface area contributed by atoms with Crippen molar-refractivity contribution in [1.82, 2.24) is 0 Å². The Balaban J connectivity index is 1.15. The summed E-state index contributed by atoms with van der Waals surface area (Å²) >= 11 is 0. The van der Waals surface area contributed by atoms with E-state index in [0.29, 0.717) is 11.1 Å². The molecule has 0 aliphatic heterocycles. The minimum absolute atomic E-state index is 0.0205. The molecule has 0 spiro atoms. The third-order valence-electron chi connectivity index (χ3n) is 10.6. The van der Waals surface area contributed by atoms with E-state index in [2.05, 4.69) is 0 Å². The van der Waals surface area contributed by atoms with Crippen LogP contribution < -0.4 is 30.4 Å². The summed E-state index contributed by atoms with van der Waals surface area (Å²) in [6.07, 6.45) is -14.9. The van der Waals surface area contributed by atoms with Crippen LogP contribution in [-0.2, 0) is 9.59 Å². The highest BCUT2D eigenvalue weighted by Gasteiger charge is 2.57. The average molecular weight is 1030 g/mol. The lowest BCUT2D eigenvalue weighted by molar-refractivity contribution is -0.284. The van der Waals surface area contributed by atoms with Crippen LogP contribution in [0.25, 0.3) is 12.2 Å². The summed E-state index contributed by atoms with van der Waals surface area (Å²) in [6, 6.07) is 25.8. The van der Waals surface area contributed by atoms with Gasteiger partial charge in [0.2, 0.25) is 0 Å². The maximum atomic E-state index is 13.4. The fraction of sp³-hybridized carbons (Fsp3) is 0.255. The van der Waals surface area contributed by atoms with Gasteiger partial charge in [0.1, 0.15) is 35.2 Å². The summed E-state index contributed by atoms with van der Waals surface area (Å²) < 4.78 is 147. The van der Waals surface area contributed by atoms with Crippen molar-refractivity contribution in [2.75, 3.05) is 24.7 Å². The van der Waals surface area contributed by atoms with E-state index in [1.165, 1.54) is 127 Å². The summed E-state index contributed by atoms with van der Waals surface area (Å²) in [7, 11) is 0. The van der Waals surface area contributed by atoms with E-state index in [1.807, 2.05) is 0 Å². The Labute approximate surface area is 409 Å². The van der Waals surface area contributed by atoms with Crippen molar-refractivity contribution >= 4 is 47.0 Å². The van der Waals surface area contributed by atoms with Gasteiger partial charge in [-0.1, -0.05) is 42.5 Å². The van der Waals surface area contributed by atoms with Crippen LogP contribution in [0.1, 0.15) is 69.0 Å². The highest BCUT2D eigenvalue weighted by atomic mass is 19.4. The number of nitrogens with two attached hydrogens (primary N) is 2. The zero-order valence-electron chi connectivity index (χ0n) is 37.8. The molecule has 0 heterocycles. The molecule has 0 aromatic heterocycles. The van der Waals surface area contributed by atoms with Gasteiger partial charge in [-0.3, -0.25) is 9.59 Å². The largest absolute Gasteiger partial charge is 0.494 e. The average Bonchev–Trinajstić information content (AvgIpc) is 3.33. The molecule has 0 radical (unpaired) electrons. The Kier molecular flexibility index (Phi) is 18.6. The van der Waals surface area contributed by atoms with Gasteiger partial charge in [-0.05, 0) is 127 Å². The Morgan fingerprint density at radius 2 is 0.863 bits per heavy atom. The molecule has 12 nitrogen and oxygen atoms in total. The molecule has 0 aliphatic carbocycles. The normalized spacial score (nSPS) is 13.6. The number of ketones is 2. The fourth-order valence-corrected chi connectivity index (χ4v) is 6.57. The summed E-state index contributed by atoms with van der Waals surface area (Å²) in [4.78, 5) is 52.3. The third-order valence-corrected chi connectivity index (χ3v) is 10.6. The second-order valence-corrected chi connectivity index (χ2v) is 16.0. The van der Waals surface area contributed by atoms with E-state index in [4.69, 9.17) is 30.4 Å². The number of rotatable bonds is 23. The molecular weight excluding hydrogens is 991 g/mol. The number of carbonyl (C=O) groups is 4. The van der Waals surface area contributed by atoms with E-state index in [0.717, 1.165) is 12.2 Å². The number of alkyl halides is 10. The van der Waals surface area contributed by atoms with Crippen molar-refractivity contribution in [3.8, 4) is 23.0 Å². The molecule has 2 atom stereocenters. The molecular formula is C51H44F10N2O10. The SMILES string of the molecule is Nc1ccc(C(C(O)C(=O)/C=C/c2ccc(C(=O)Oc3ccc(OCCCC(F)(F)C(F)(F)F)cc3)cc2)C(O)C(=O)/C=C/c2ccc(C(=O)Oc3ccc(OCCCC(F)(F)C(F)(F)F)cc3)cc2)c(N)c1. The van der Waals surface area contributed by atoms with Crippen LogP contribution >= 0.6 is 0 Å². The lowest BCUT2D eigenvalue weighted by Crippen LogP contribution is -2.39. The maximum Gasteiger partial charge on any atom is 0.453 e. The highest BCUT2D eigenvalue weighted by molar-refractivity contribution is 6.01. The fourth-order valence-electron chi connectivity index (χ4n) is 6.57. The Bertz CT molecular complexity index is 2580. The molecule has 73 heavy (non-hydrogen) atoms. The molecule has 0 saturated heterocycles. The zero-order chi connectivity index (χ0) is 53.7. The summed E-state index contributed by atoms with van der Waals surface area (Å²) in [6.45, 7) is -0.848. The number of aliphatic hydroxyl groups is 2. The quantitative estimate of drug-likeness (QED) is 0.0121. The van der Waals surface area contributed by atoms with Crippen LogP contribution in [-0.4, -0.2) is 83.3 Å². The third kappa shape index (κ3) is 15.9. The van der Waals surface area contributed by atoms with Crippen molar-refractivity contribution in [2.24, 2.45) is 0 Å². The van der Waals surface area contributed by atoms with Crippen molar-refractivity contribution < 1.29 is 92.2 Å². The molecule has 6 N–H and O–H groups in total. The van der Waals surface area contributed by atoms with Crippen molar-refractivity contribution in [3.05, 3.63) is 155 Å². The monoisotopic (exact) mass is 1030 g/mol. The Morgan fingerprint density at radius 1 is 0.507 bits per heavy atom. The number of esters is 2. The second kappa shape index (κ2) is 24.1. The van der Waals surface area contributed by atoms with Gasteiger partial charge in [-0.15, -0.1) is 0 Å². The lowest BCUT2D eigenvalue weighted by atomic mass is 9.83. The van der Waals surface area contributed by atoms with E-state index >= 15 is 0 Å². The van der Waals surface area contributed by atoms with Crippen molar-refractivity contribution in [2.45, 2.75) is 68.0 Å². The van der Waals surface area contributed by atoms with Gasteiger partial charge in [0.25, 0.3) is 0 Å².